The number of esters is 9. The summed E-state index contributed by atoms with van der Waals surface area (Å²) in [5.74, 6) is -11.4. The molecule has 3 radical (unpaired) electrons. The van der Waals surface area contributed by atoms with Gasteiger partial charge in [0.2, 0.25) is 0 Å². The van der Waals surface area contributed by atoms with Crippen LogP contribution in [0.1, 0.15) is 134 Å². The third-order valence-electron chi connectivity index (χ3n) is 14.5. The summed E-state index contributed by atoms with van der Waals surface area (Å²) in [5.41, 5.74) is 33.3. The zero-order valence-corrected chi connectivity index (χ0v) is 75.3. The number of ether oxygens (including phenoxy) is 9. The second-order valence-electron chi connectivity index (χ2n) is 22.7. The van der Waals surface area contributed by atoms with Crippen molar-refractivity contribution in [3.8, 4) is 0 Å². The Balaban J connectivity index is -0.000000663. The van der Waals surface area contributed by atoms with Gasteiger partial charge >= 0.3 is 72.6 Å². The van der Waals surface area contributed by atoms with Crippen molar-refractivity contribution in [2.45, 2.75) is 114 Å². The Morgan fingerprint density at radius 1 is 0.375 bits per heavy atom. The molecule has 32 nitrogen and oxygen atoms in total. The van der Waals surface area contributed by atoms with E-state index in [0.717, 1.165) is 17.2 Å². The van der Waals surface area contributed by atoms with Crippen molar-refractivity contribution in [3.63, 3.8) is 0 Å². The smallest absolute Gasteiger partial charge is 1.00 e. The fraction of sp³-hybridized carbons (Fsp3) is 0.338. The molecule has 649 valence electrons. The number of nitrogens with two attached hydrogens (primary N) is 5. The third kappa shape index (κ3) is 38.3. The predicted octanol–water partition coefficient (Wildman–Crippen LogP) is 14.3. The van der Waals surface area contributed by atoms with Crippen molar-refractivity contribution >= 4 is 227 Å². The van der Waals surface area contributed by atoms with E-state index in [0.29, 0.717) is 69.2 Å². The van der Waals surface area contributed by atoms with Gasteiger partial charge in [0.05, 0.1) is 96.4 Å². The fourth-order valence-corrected chi connectivity index (χ4v) is 11.6. The van der Waals surface area contributed by atoms with Crippen LogP contribution in [-0.4, -0.2) is 136 Å². The van der Waals surface area contributed by atoms with Gasteiger partial charge in [-0.05, 0) is 221 Å². The zero-order valence-electron chi connectivity index (χ0n) is 67.3. The number of hydrogen-bond acceptors (Lipinski definition) is 29. The van der Waals surface area contributed by atoms with E-state index >= 15 is 0 Å². The summed E-state index contributed by atoms with van der Waals surface area (Å²) in [7, 11) is 0. The van der Waals surface area contributed by atoms with Gasteiger partial charge in [-0.15, -0.1) is 0 Å². The first-order valence-electron chi connectivity index (χ1n) is 34.6. The predicted molar refractivity (Wildman–Crippen MR) is 470 cm³/mol. The van der Waals surface area contributed by atoms with Gasteiger partial charge in [-0.3, -0.25) is 73.5 Å². The number of anilines is 5. The van der Waals surface area contributed by atoms with E-state index in [1.165, 1.54) is 78.9 Å². The number of nitro benzene ring substituents is 3. The van der Waals surface area contributed by atoms with Crippen molar-refractivity contribution in [1.82, 2.24) is 0 Å². The van der Waals surface area contributed by atoms with E-state index < -0.39 is 86.2 Å². The number of nitro groups is 3. The molecule has 0 aliphatic heterocycles. The maximum Gasteiger partial charge on any atom is 1.00 e. The van der Waals surface area contributed by atoms with Crippen molar-refractivity contribution in [3.05, 3.63) is 222 Å². The van der Waals surface area contributed by atoms with Crippen molar-refractivity contribution in [2.24, 2.45) is 0 Å². The molecule has 10 N–H and O–H groups in total. The van der Waals surface area contributed by atoms with E-state index in [9.17, 15) is 73.5 Å². The quantitative estimate of drug-likeness (QED) is 0.00491. The topological polar surface area (TPSA) is 496 Å². The van der Waals surface area contributed by atoms with E-state index in [1.807, 2.05) is 29.5 Å². The molecule has 0 aliphatic carbocycles. The maximum absolute atomic E-state index is 12.0. The SMILES string of the molecule is C.CCOC(=O)C(C(=O)OCC)c1cc(N)c(Br)cc1Cl.CCOC(=O)C(C(=O)OCC)c1cc(N)c(C)cc1Cl.CCOC(=O)C(C(=O)OCC)c1cc(N)ccc1Cl.CCOC(=O)C(C(=O)OCC)c1cc([N+](=O)[O-])ccc1Cl.CCOC(=O)Cc1cc(N)c(C)cc1Cl.Nc1cc([N+](=O)[O-])ccc1Cl.O=[N+]([O-])c1ccc(Cl)c(I)c1.[B].[H-].[Li+]. The van der Waals surface area contributed by atoms with Crippen LogP contribution in [0.2, 0.25) is 35.2 Å². The van der Waals surface area contributed by atoms with Crippen molar-refractivity contribution < 1.29 is 121 Å². The number of halogens is 9. The van der Waals surface area contributed by atoms with Crippen LogP contribution in [0.4, 0.5) is 45.5 Å². The number of hydrogen-bond donors (Lipinski definition) is 5. The number of aryl methyl sites for hydroxylation is 2. The summed E-state index contributed by atoms with van der Waals surface area (Å²) in [6.45, 7) is 19.9. The van der Waals surface area contributed by atoms with Gasteiger partial charge in [0.15, 0.2) is 23.7 Å². The number of non-ortho nitro benzene ring substituents is 3. The summed E-state index contributed by atoms with van der Waals surface area (Å²) in [4.78, 5) is 136. The Kier molecular flexibility index (Phi) is 57.1. The third-order valence-corrected chi connectivity index (χ3v) is 18.8. The second-order valence-corrected chi connectivity index (χ2v) is 27.6. The van der Waals surface area contributed by atoms with Crippen LogP contribution in [0.3, 0.4) is 0 Å². The van der Waals surface area contributed by atoms with E-state index in [-0.39, 0.29) is 155 Å². The molecule has 0 aliphatic rings. The summed E-state index contributed by atoms with van der Waals surface area (Å²) in [6, 6.07) is 25.9. The molecule has 0 atom stereocenters. The van der Waals surface area contributed by atoms with E-state index in [1.54, 1.807) is 93.5 Å². The normalized spacial score (nSPS) is 9.93. The molecule has 43 heteroatoms. The van der Waals surface area contributed by atoms with Gasteiger partial charge in [0.1, 0.15) is 0 Å². The van der Waals surface area contributed by atoms with Gasteiger partial charge in [-0.2, -0.15) is 0 Å². The minimum Gasteiger partial charge on any atom is -1.00 e. The Bertz CT molecular complexity index is 4450. The van der Waals surface area contributed by atoms with Gasteiger partial charge in [-0.1, -0.05) is 88.6 Å². The van der Waals surface area contributed by atoms with Crippen LogP contribution < -0.4 is 47.5 Å². The molecule has 0 unspecified atom stereocenters. The number of carbonyl (C=O) groups is 9. The molecule has 0 bridgehead atoms. The first-order chi connectivity index (χ1) is 55.0. The molecule has 0 heterocycles. The number of carbonyl (C=O) groups excluding carboxylic acids is 9. The van der Waals surface area contributed by atoms with Crippen LogP contribution >= 0.6 is 120 Å². The number of rotatable bonds is 26. The van der Waals surface area contributed by atoms with Crippen LogP contribution in [0.25, 0.3) is 0 Å². The van der Waals surface area contributed by atoms with Crippen LogP contribution in [0, 0.1) is 47.8 Å². The monoisotopic (exact) mass is 1980 g/mol. The zero-order chi connectivity index (χ0) is 89.3. The Hall–Kier alpha value is -9.13. The summed E-state index contributed by atoms with van der Waals surface area (Å²) < 4.78 is 45.1. The molecule has 0 aromatic heterocycles. The molecular weight excluding hydrogens is 1890 g/mol. The first-order valence-corrected chi connectivity index (χ1v) is 39.2. The molecule has 7 aromatic rings. The number of nitrogens with zero attached hydrogens (tertiary/aromatic N) is 3. The minimum absolute atomic E-state index is 0. The molecular formula is C77H90BBrCl7ILiN8O24. The van der Waals surface area contributed by atoms with Gasteiger partial charge < -0.3 is 72.7 Å². The Morgan fingerprint density at radius 2 is 0.658 bits per heavy atom. The Morgan fingerprint density at radius 3 is 1.00 bits per heavy atom. The van der Waals surface area contributed by atoms with E-state index in [2.05, 4.69) is 15.9 Å². The fourth-order valence-electron chi connectivity index (χ4n) is 9.07. The molecule has 0 saturated carbocycles. The molecule has 0 saturated heterocycles. The maximum atomic E-state index is 12.0. The summed E-state index contributed by atoms with van der Waals surface area (Å²) in [6.07, 6.45) is 0.164. The first kappa shape index (κ1) is 115. The standard InChI is InChI=1S/C14H18ClNO4.C13H15BrClNO4.C13H14ClNO6.C13H16ClNO4.C11H14ClNO2.C6H3ClINO2.C6H5ClN2O2.CH4.B.Li.H/c1-4-19-13(17)12(14(18)20-5-2)9-7-11(16)8(3)6-10(9)15;1-3-19-12(17)11(13(18)20-4-2)7-5-10(16)8(14)6-9(7)15;1-3-20-12(16)11(13(17)21-4-2)9-7-8(15(18)19)5-6-10(9)14;1-3-18-12(16)11(13(17)19-4-2)9-7-8(15)5-6-10(9)14;1-3-15-11(14)6-8-5-10(13)7(2)4-9(8)12;2*7-5-2-1-4(9(10)11)3-6(5)8;;;;/h6-7,12H,4-5,16H2,1-3H3;5-6,11H,3-4,16H2,1-2H3;5-7,11H,3-4H2,1-2H3;5-7,11H,3-4,15H2,1-2H3;4-5H,3,6,13H2,1-2H3;1-3H;1-3H,8H2;1H4;;;/q;;;;;;;;;+1;-1. The largest absolute Gasteiger partial charge is 1.00 e. The Labute approximate surface area is 765 Å². The summed E-state index contributed by atoms with van der Waals surface area (Å²) >= 11 is 46.5. The average molecular weight is 1980 g/mol. The van der Waals surface area contributed by atoms with Crippen LogP contribution in [0.15, 0.2) is 114 Å². The van der Waals surface area contributed by atoms with Crippen LogP contribution in [-0.2, 0) is 92.2 Å². The average Bonchev–Trinajstić information content (AvgIpc) is 0.779. The minimum atomic E-state index is -1.45. The van der Waals surface area contributed by atoms with Crippen LogP contribution in [0.5, 0.6) is 0 Å². The number of nitrogen functional groups attached to an aromatic ring is 5. The van der Waals surface area contributed by atoms with Gasteiger partial charge in [-0.25, -0.2) is 0 Å². The second kappa shape index (κ2) is 59.6. The molecule has 0 amide bonds. The van der Waals surface area contributed by atoms with Crippen molar-refractivity contribution in [1.29, 1.82) is 0 Å². The van der Waals surface area contributed by atoms with Gasteiger partial charge in [0.25, 0.3) is 17.1 Å². The van der Waals surface area contributed by atoms with Gasteiger partial charge in [0, 0.05) is 106 Å². The molecule has 7 aromatic carbocycles. The molecule has 0 spiro atoms. The van der Waals surface area contributed by atoms with Crippen molar-refractivity contribution in [2.75, 3.05) is 88.1 Å². The molecule has 0 fully saturated rings. The van der Waals surface area contributed by atoms with E-state index in [4.69, 9.17) is 153 Å². The molecule has 7 rings (SSSR count). The number of benzene rings is 7. The molecule has 120 heavy (non-hydrogen) atoms. The summed E-state index contributed by atoms with van der Waals surface area (Å²) in [5, 5.41) is 33.4.